The number of hydrogen-bond donors (Lipinski definition) is 0. The monoisotopic (exact) mass is 526 g/mol. The summed E-state index contributed by atoms with van der Waals surface area (Å²) in [6.07, 6.45) is 12.0. The van der Waals surface area contributed by atoms with E-state index in [9.17, 15) is 9.59 Å². The summed E-state index contributed by atoms with van der Waals surface area (Å²) in [7, 11) is 0. The third-order valence-electron chi connectivity index (χ3n) is 14.0. The molecule has 8 unspecified atom stereocenters. The number of hydrogen-bond acceptors (Lipinski definition) is 4. The summed E-state index contributed by atoms with van der Waals surface area (Å²) in [5, 5.41) is 0. The Hall–Kier alpha value is -1.32. The Labute approximate surface area is 232 Å². The molecule has 0 aromatic rings. The SMILES string of the molecule is C=C(C)C1CCC2(COC(C)=O)CC[C@]3(C)C(CCC4C5(C)CCC(OC(C)=O)C(C)(C)C5CC[C@]43C)C12. The molecule has 5 fully saturated rings. The average molecular weight is 527 g/mol. The van der Waals surface area contributed by atoms with Gasteiger partial charge in [0.05, 0.1) is 6.61 Å². The number of allylic oxidation sites excluding steroid dienone is 1. The number of esters is 2. The first-order valence-corrected chi connectivity index (χ1v) is 15.6. The zero-order valence-electron chi connectivity index (χ0n) is 25.6. The van der Waals surface area contributed by atoms with Crippen LogP contribution in [0.4, 0.5) is 0 Å². The number of carbonyl (C=O) groups is 2. The highest BCUT2D eigenvalue weighted by Crippen LogP contribution is 2.77. The van der Waals surface area contributed by atoms with Gasteiger partial charge < -0.3 is 9.47 Å². The Morgan fingerprint density at radius 2 is 1.47 bits per heavy atom. The fraction of sp³-hybridized carbons (Fsp3) is 0.882. The maximum Gasteiger partial charge on any atom is 0.302 e. The quantitative estimate of drug-likeness (QED) is 0.274. The Balaban J connectivity index is 1.49. The van der Waals surface area contributed by atoms with Gasteiger partial charge in [0, 0.05) is 24.7 Å². The fourth-order valence-electron chi connectivity index (χ4n) is 12.2. The van der Waals surface area contributed by atoms with E-state index in [-0.39, 0.29) is 39.7 Å². The van der Waals surface area contributed by atoms with E-state index < -0.39 is 0 Å². The summed E-state index contributed by atoms with van der Waals surface area (Å²) in [4.78, 5) is 23.8. The minimum absolute atomic E-state index is 0.00000109. The van der Waals surface area contributed by atoms with Gasteiger partial charge in [0.25, 0.3) is 0 Å². The molecule has 0 N–H and O–H groups in total. The van der Waals surface area contributed by atoms with Gasteiger partial charge in [-0.25, -0.2) is 0 Å². The van der Waals surface area contributed by atoms with Crippen molar-refractivity contribution < 1.29 is 19.1 Å². The van der Waals surface area contributed by atoms with Crippen molar-refractivity contribution in [2.75, 3.05) is 6.61 Å². The van der Waals surface area contributed by atoms with E-state index >= 15 is 0 Å². The summed E-state index contributed by atoms with van der Waals surface area (Å²) in [6, 6.07) is 0. The Morgan fingerprint density at radius 1 is 0.763 bits per heavy atom. The highest BCUT2D eigenvalue weighted by molar-refractivity contribution is 5.66. The van der Waals surface area contributed by atoms with Crippen LogP contribution >= 0.6 is 0 Å². The number of fused-ring (bicyclic) bond motifs is 7. The largest absolute Gasteiger partial charge is 0.465 e. The molecule has 5 rings (SSSR count). The molecule has 0 radical (unpaired) electrons. The summed E-state index contributed by atoms with van der Waals surface area (Å²) >= 11 is 0. The molecule has 0 spiro atoms. The molecule has 0 amide bonds. The first-order valence-electron chi connectivity index (χ1n) is 15.6. The summed E-state index contributed by atoms with van der Waals surface area (Å²) in [5.74, 6) is 2.76. The molecule has 0 aromatic carbocycles. The molecule has 4 nitrogen and oxygen atoms in total. The molecular formula is C34H54O4. The minimum Gasteiger partial charge on any atom is -0.465 e. The molecule has 5 saturated carbocycles. The van der Waals surface area contributed by atoms with Crippen LogP contribution in [0.5, 0.6) is 0 Å². The van der Waals surface area contributed by atoms with Crippen LogP contribution < -0.4 is 0 Å². The van der Waals surface area contributed by atoms with Crippen LogP contribution in [0.3, 0.4) is 0 Å². The first kappa shape index (κ1) is 28.2. The molecule has 4 heteroatoms. The van der Waals surface area contributed by atoms with Gasteiger partial charge in [0.2, 0.25) is 0 Å². The lowest BCUT2D eigenvalue weighted by atomic mass is 9.32. The number of rotatable bonds is 4. The van der Waals surface area contributed by atoms with Crippen molar-refractivity contribution in [2.45, 2.75) is 126 Å². The van der Waals surface area contributed by atoms with E-state index in [1.807, 2.05) is 0 Å². The van der Waals surface area contributed by atoms with Crippen molar-refractivity contribution in [3.63, 3.8) is 0 Å². The standard InChI is InChI=1S/C34H54O4/c1-21(2)24-12-17-34(20-37-22(3)35)19-18-32(8)25(29(24)34)10-11-27-31(7)15-14-28(38-23(4)36)30(5,6)26(31)13-16-33(27,32)9/h24-29H,1,10-20H2,2-9H3/t24?,25?,26?,27?,28?,29?,31?,32-,33-,34?/m1/s1. The van der Waals surface area contributed by atoms with Crippen LogP contribution in [0, 0.1) is 56.7 Å². The Morgan fingerprint density at radius 3 is 2.11 bits per heavy atom. The third kappa shape index (κ3) is 3.80. The average Bonchev–Trinajstić information content (AvgIpc) is 3.20. The molecule has 0 aromatic heterocycles. The molecule has 214 valence electrons. The van der Waals surface area contributed by atoms with E-state index in [0.717, 1.165) is 12.8 Å². The van der Waals surface area contributed by atoms with Gasteiger partial charge in [-0.1, -0.05) is 46.8 Å². The van der Waals surface area contributed by atoms with Crippen molar-refractivity contribution in [1.29, 1.82) is 0 Å². The Bertz CT molecular complexity index is 998. The van der Waals surface area contributed by atoms with Crippen LogP contribution in [0.1, 0.15) is 120 Å². The van der Waals surface area contributed by atoms with Crippen LogP contribution in [0.15, 0.2) is 12.2 Å². The van der Waals surface area contributed by atoms with Crippen LogP contribution in [-0.2, 0) is 19.1 Å². The first-order chi connectivity index (χ1) is 17.6. The second-order valence-corrected chi connectivity index (χ2v) is 15.8. The van der Waals surface area contributed by atoms with Crippen LogP contribution in [0.25, 0.3) is 0 Å². The molecule has 0 bridgehead atoms. The highest BCUT2D eigenvalue weighted by atomic mass is 16.5. The van der Waals surface area contributed by atoms with E-state index in [0.29, 0.717) is 41.6 Å². The van der Waals surface area contributed by atoms with Crippen LogP contribution in [-0.4, -0.2) is 24.6 Å². The van der Waals surface area contributed by atoms with Gasteiger partial charge in [-0.2, -0.15) is 0 Å². The molecule has 0 aliphatic heterocycles. The Kier molecular flexibility index (Phi) is 6.76. The maximum absolute atomic E-state index is 11.9. The van der Waals surface area contributed by atoms with Gasteiger partial charge in [-0.05, 0) is 117 Å². The molecule has 5 aliphatic carbocycles. The van der Waals surface area contributed by atoms with Gasteiger partial charge in [-0.15, -0.1) is 0 Å². The summed E-state index contributed by atoms with van der Waals surface area (Å²) in [5.41, 5.74) is 2.30. The lowest BCUT2D eigenvalue weighted by molar-refractivity contribution is -0.252. The number of carbonyl (C=O) groups excluding carboxylic acids is 2. The van der Waals surface area contributed by atoms with E-state index in [1.165, 1.54) is 56.9 Å². The fourth-order valence-corrected chi connectivity index (χ4v) is 12.2. The summed E-state index contributed by atoms with van der Waals surface area (Å²) < 4.78 is 11.7. The van der Waals surface area contributed by atoms with Crippen molar-refractivity contribution in [3.05, 3.63) is 12.2 Å². The third-order valence-corrected chi connectivity index (χ3v) is 14.0. The van der Waals surface area contributed by atoms with E-state index in [4.69, 9.17) is 9.47 Å². The lowest BCUT2D eigenvalue weighted by Crippen LogP contribution is -2.67. The highest BCUT2D eigenvalue weighted by Gasteiger charge is 2.71. The zero-order valence-corrected chi connectivity index (χ0v) is 25.6. The summed E-state index contributed by atoms with van der Waals surface area (Å²) in [6.45, 7) is 23.1. The second kappa shape index (κ2) is 9.10. The van der Waals surface area contributed by atoms with Crippen molar-refractivity contribution in [3.8, 4) is 0 Å². The van der Waals surface area contributed by atoms with Gasteiger partial charge in [0.1, 0.15) is 6.10 Å². The molecule has 0 saturated heterocycles. The molecule has 0 heterocycles. The van der Waals surface area contributed by atoms with E-state index in [2.05, 4.69) is 48.1 Å². The van der Waals surface area contributed by atoms with Gasteiger partial charge in [-0.3, -0.25) is 9.59 Å². The normalized spacial score (nSPS) is 49.1. The minimum atomic E-state index is -0.140. The van der Waals surface area contributed by atoms with Crippen molar-refractivity contribution >= 4 is 11.9 Å². The predicted octanol–water partition coefficient (Wildman–Crippen LogP) is 8.14. The van der Waals surface area contributed by atoms with E-state index in [1.54, 1.807) is 13.8 Å². The zero-order chi connectivity index (χ0) is 27.9. The van der Waals surface area contributed by atoms with Gasteiger partial charge >= 0.3 is 11.9 Å². The van der Waals surface area contributed by atoms with Gasteiger partial charge in [0.15, 0.2) is 0 Å². The second-order valence-electron chi connectivity index (χ2n) is 15.8. The van der Waals surface area contributed by atoms with Crippen molar-refractivity contribution in [1.82, 2.24) is 0 Å². The maximum atomic E-state index is 11.9. The topological polar surface area (TPSA) is 52.6 Å². The smallest absolute Gasteiger partial charge is 0.302 e. The van der Waals surface area contributed by atoms with Crippen LogP contribution in [0.2, 0.25) is 0 Å². The molecule has 38 heavy (non-hydrogen) atoms. The molecular weight excluding hydrogens is 472 g/mol. The molecule has 5 aliphatic rings. The van der Waals surface area contributed by atoms with Crippen molar-refractivity contribution in [2.24, 2.45) is 56.7 Å². The predicted molar refractivity (Wildman–Crippen MR) is 151 cm³/mol. The number of ether oxygens (including phenoxy) is 2. The lowest BCUT2D eigenvalue weighted by Gasteiger charge is -2.73. The molecule has 10 atom stereocenters.